The molecule has 0 spiro atoms. The van der Waals surface area contributed by atoms with Gasteiger partial charge < -0.3 is 0 Å². The van der Waals surface area contributed by atoms with Gasteiger partial charge in [0.1, 0.15) is 0 Å². The molecule has 1 aromatic heterocycles. The van der Waals surface area contributed by atoms with Crippen molar-refractivity contribution in [2.75, 3.05) is 0 Å². The van der Waals surface area contributed by atoms with Crippen LogP contribution in [0.4, 0.5) is 0 Å². The Morgan fingerprint density at radius 1 is 1.08 bits per heavy atom. The first-order valence-electron chi connectivity index (χ1n) is 10.8. The number of hydrogen-bond acceptors (Lipinski definition) is 2. The maximum absolute atomic E-state index is 13.4. The molecule has 0 N–H and O–H groups in total. The highest BCUT2D eigenvalue weighted by Crippen LogP contribution is 2.66. The number of carbonyl (C=O) groups is 1. The molecule has 2 heteroatoms. The molecule has 5 rings (SSSR count). The molecule has 1 aromatic rings. The van der Waals surface area contributed by atoms with E-state index in [-0.39, 0.29) is 5.41 Å². The fraction of sp³-hybridized carbons (Fsp3) is 0.708. The van der Waals surface area contributed by atoms with Gasteiger partial charge in [-0.25, -0.2) is 0 Å². The summed E-state index contributed by atoms with van der Waals surface area (Å²) >= 11 is 1.75. The van der Waals surface area contributed by atoms with E-state index in [1.54, 1.807) is 11.3 Å². The highest BCUT2D eigenvalue weighted by molar-refractivity contribution is 7.10. The Bertz CT molecular complexity index is 731. The number of allylic oxidation sites excluding steroid dienone is 1. The largest absolute Gasteiger partial charge is 0.294 e. The van der Waals surface area contributed by atoms with Gasteiger partial charge in [-0.2, -0.15) is 0 Å². The van der Waals surface area contributed by atoms with Gasteiger partial charge in [-0.3, -0.25) is 4.79 Å². The third-order valence-electron chi connectivity index (χ3n) is 9.08. The first-order valence-corrected chi connectivity index (χ1v) is 11.7. The lowest BCUT2D eigenvalue weighted by Crippen LogP contribution is -2.52. The number of fused-ring (bicyclic) bond motifs is 5. The van der Waals surface area contributed by atoms with Crippen molar-refractivity contribution >= 4 is 23.2 Å². The van der Waals surface area contributed by atoms with Crippen molar-refractivity contribution in [1.29, 1.82) is 0 Å². The predicted molar refractivity (Wildman–Crippen MR) is 109 cm³/mol. The van der Waals surface area contributed by atoms with Crippen LogP contribution in [-0.4, -0.2) is 5.78 Å². The van der Waals surface area contributed by atoms with Crippen LogP contribution in [0.1, 0.15) is 76.5 Å². The van der Waals surface area contributed by atoms with Crippen molar-refractivity contribution in [2.45, 2.75) is 71.6 Å². The lowest BCUT2D eigenvalue weighted by atomic mass is 9.45. The molecule has 1 nitrogen and oxygen atoms in total. The maximum Gasteiger partial charge on any atom is 0.165 e. The van der Waals surface area contributed by atoms with Crippen LogP contribution in [0.3, 0.4) is 0 Å². The summed E-state index contributed by atoms with van der Waals surface area (Å²) < 4.78 is 0. The Balaban J connectivity index is 1.47. The molecule has 6 atom stereocenters. The Kier molecular flexibility index (Phi) is 4.01. The van der Waals surface area contributed by atoms with Crippen molar-refractivity contribution in [3.05, 3.63) is 28.0 Å². The van der Waals surface area contributed by atoms with Gasteiger partial charge in [0.15, 0.2) is 5.78 Å². The Morgan fingerprint density at radius 2 is 1.96 bits per heavy atom. The quantitative estimate of drug-likeness (QED) is 0.501. The molecule has 0 amide bonds. The number of rotatable bonds is 1. The number of carbonyl (C=O) groups excluding carboxylic acids is 1. The second-order valence-corrected chi connectivity index (χ2v) is 11.1. The molecule has 140 valence electrons. The summed E-state index contributed by atoms with van der Waals surface area (Å²) in [6.45, 7) is 4.93. The van der Waals surface area contributed by atoms with Crippen LogP contribution >= 0.6 is 11.3 Å². The van der Waals surface area contributed by atoms with Crippen molar-refractivity contribution in [3.63, 3.8) is 0 Å². The van der Waals surface area contributed by atoms with E-state index in [0.717, 1.165) is 36.2 Å². The summed E-state index contributed by atoms with van der Waals surface area (Å²) in [7, 11) is 0. The summed E-state index contributed by atoms with van der Waals surface area (Å²) in [6, 6.07) is 4.23. The van der Waals surface area contributed by atoms with Crippen molar-refractivity contribution in [3.8, 4) is 0 Å². The van der Waals surface area contributed by atoms with Crippen LogP contribution in [0.2, 0.25) is 0 Å². The van der Waals surface area contributed by atoms with Gasteiger partial charge >= 0.3 is 0 Å². The Morgan fingerprint density at radius 3 is 2.77 bits per heavy atom. The number of hydrogen-bond donors (Lipinski definition) is 0. The highest BCUT2D eigenvalue weighted by atomic mass is 32.1. The zero-order valence-corrected chi connectivity index (χ0v) is 17.1. The smallest absolute Gasteiger partial charge is 0.165 e. The minimum Gasteiger partial charge on any atom is -0.294 e. The SMILES string of the molecule is C[C@]12CCCC[C@@H]1CC[C@@H]1[C@H]2CC[C@]2(C)C(=O)/C(=C/c3cccs3)C[C@@H]12. The van der Waals surface area contributed by atoms with Crippen molar-refractivity contribution < 1.29 is 4.79 Å². The Labute approximate surface area is 162 Å². The normalized spacial score (nSPS) is 46.7. The fourth-order valence-corrected chi connectivity index (χ4v) is 8.32. The molecule has 4 aliphatic carbocycles. The van der Waals surface area contributed by atoms with Crippen LogP contribution in [0.5, 0.6) is 0 Å². The zero-order chi connectivity index (χ0) is 17.9. The van der Waals surface area contributed by atoms with E-state index in [0.29, 0.717) is 17.1 Å². The van der Waals surface area contributed by atoms with Gasteiger partial charge in [-0.1, -0.05) is 32.8 Å². The molecule has 26 heavy (non-hydrogen) atoms. The number of ketones is 1. The van der Waals surface area contributed by atoms with Crippen LogP contribution in [0.25, 0.3) is 6.08 Å². The molecular formula is C24H32OS. The van der Waals surface area contributed by atoms with Crippen LogP contribution in [0, 0.1) is 34.5 Å². The standard InChI is InChI=1S/C24H32OS/c1-23-11-4-3-6-17(23)8-9-19-20(23)10-12-24(2)21(19)15-16(22(24)25)14-18-7-5-13-26-18/h5,7,13-14,17,19-21H,3-4,6,8-12,15H2,1-2H3/b16-14+/t17-,19-,20-,21+,23+,24+/m1/s1. The molecule has 1 heterocycles. The minimum absolute atomic E-state index is 0.0812. The van der Waals surface area contributed by atoms with E-state index >= 15 is 0 Å². The zero-order valence-electron chi connectivity index (χ0n) is 16.3. The number of thiophene rings is 1. The maximum atomic E-state index is 13.4. The van der Waals surface area contributed by atoms with Gasteiger partial charge in [-0.05, 0) is 97.1 Å². The Hall–Kier alpha value is -0.890. The van der Waals surface area contributed by atoms with Crippen molar-refractivity contribution in [1.82, 2.24) is 0 Å². The van der Waals surface area contributed by atoms with E-state index in [1.165, 1.54) is 49.8 Å². The lowest BCUT2D eigenvalue weighted by molar-refractivity contribution is -0.137. The van der Waals surface area contributed by atoms with Gasteiger partial charge in [0.2, 0.25) is 0 Å². The molecule has 0 radical (unpaired) electrons. The van der Waals surface area contributed by atoms with E-state index < -0.39 is 0 Å². The molecule has 4 saturated carbocycles. The third-order valence-corrected chi connectivity index (χ3v) is 9.90. The van der Waals surface area contributed by atoms with E-state index in [2.05, 4.69) is 37.4 Å². The average Bonchev–Trinajstić information content (AvgIpc) is 3.23. The molecule has 0 aromatic carbocycles. The van der Waals surface area contributed by atoms with E-state index in [9.17, 15) is 4.79 Å². The topological polar surface area (TPSA) is 17.1 Å². The van der Waals surface area contributed by atoms with Gasteiger partial charge in [0, 0.05) is 10.3 Å². The van der Waals surface area contributed by atoms with Crippen LogP contribution < -0.4 is 0 Å². The van der Waals surface area contributed by atoms with Gasteiger partial charge in [0.05, 0.1) is 0 Å². The summed E-state index contributed by atoms with van der Waals surface area (Å²) in [5.41, 5.74) is 1.60. The molecule has 4 fully saturated rings. The molecule has 0 saturated heterocycles. The molecule has 0 bridgehead atoms. The second-order valence-electron chi connectivity index (χ2n) is 10.1. The van der Waals surface area contributed by atoms with Crippen LogP contribution in [0.15, 0.2) is 23.1 Å². The minimum atomic E-state index is -0.0812. The summed E-state index contributed by atoms with van der Waals surface area (Å²) in [5, 5.41) is 2.11. The molecule has 0 unspecified atom stereocenters. The third kappa shape index (κ3) is 2.37. The van der Waals surface area contributed by atoms with Crippen molar-refractivity contribution in [2.24, 2.45) is 34.5 Å². The monoisotopic (exact) mass is 368 g/mol. The molecular weight excluding hydrogens is 336 g/mol. The van der Waals surface area contributed by atoms with E-state index in [1.807, 2.05) is 0 Å². The highest BCUT2D eigenvalue weighted by Gasteiger charge is 2.60. The number of Topliss-reactive ketones (excluding diaryl/α,β-unsaturated/α-hetero) is 1. The second kappa shape index (κ2) is 6.06. The molecule has 4 aliphatic rings. The summed E-state index contributed by atoms with van der Waals surface area (Å²) in [4.78, 5) is 14.6. The average molecular weight is 369 g/mol. The molecule has 0 aliphatic heterocycles. The summed E-state index contributed by atoms with van der Waals surface area (Å²) in [5.74, 6) is 3.69. The van der Waals surface area contributed by atoms with Gasteiger partial charge in [-0.15, -0.1) is 11.3 Å². The fourth-order valence-electron chi connectivity index (χ4n) is 7.64. The first kappa shape index (κ1) is 17.2. The van der Waals surface area contributed by atoms with E-state index in [4.69, 9.17) is 0 Å². The summed E-state index contributed by atoms with van der Waals surface area (Å²) in [6.07, 6.45) is 14.2. The van der Waals surface area contributed by atoms with Gasteiger partial charge in [0.25, 0.3) is 0 Å². The predicted octanol–water partition coefficient (Wildman–Crippen LogP) is 6.74. The van der Waals surface area contributed by atoms with Crippen LogP contribution in [-0.2, 0) is 4.79 Å². The lowest BCUT2D eigenvalue weighted by Gasteiger charge is -2.59. The first-order chi connectivity index (χ1) is 12.5.